The van der Waals surface area contributed by atoms with Crippen LogP contribution in [0, 0.1) is 0 Å². The lowest BCUT2D eigenvalue weighted by molar-refractivity contribution is 0.230. The van der Waals surface area contributed by atoms with Gasteiger partial charge < -0.3 is 16.0 Å². The zero-order valence-corrected chi connectivity index (χ0v) is 12.6. The highest BCUT2D eigenvalue weighted by Gasteiger charge is 2.22. The average molecular weight is 291 g/mol. The van der Waals surface area contributed by atoms with Gasteiger partial charge in [-0.05, 0) is 45.2 Å². The molecule has 0 aromatic carbocycles. The molecule has 1 aromatic rings. The van der Waals surface area contributed by atoms with Gasteiger partial charge in [-0.2, -0.15) is 9.78 Å². The zero-order chi connectivity index (χ0) is 14.7. The molecule has 1 amide bonds. The van der Waals surface area contributed by atoms with Crippen LogP contribution in [0.4, 0.5) is 10.6 Å². The number of primary amides is 1. The van der Waals surface area contributed by atoms with Crippen LogP contribution in [-0.4, -0.2) is 46.9 Å². The van der Waals surface area contributed by atoms with Gasteiger partial charge in [0, 0.05) is 25.1 Å². The van der Waals surface area contributed by atoms with Crippen LogP contribution in [0.5, 0.6) is 0 Å². The van der Waals surface area contributed by atoms with E-state index in [2.05, 4.69) is 15.3 Å². The quantitative estimate of drug-likeness (QED) is 0.886. The van der Waals surface area contributed by atoms with E-state index in [1.807, 2.05) is 0 Å². The molecule has 116 valence electrons. The summed E-state index contributed by atoms with van der Waals surface area (Å²) in [6.07, 6.45) is 8.12. The maximum atomic E-state index is 11.6. The molecule has 2 aliphatic heterocycles. The van der Waals surface area contributed by atoms with Gasteiger partial charge in [-0.3, -0.25) is 0 Å². The topological polar surface area (TPSA) is 76.2 Å². The first kappa shape index (κ1) is 14.4. The number of rotatable bonds is 3. The smallest absolute Gasteiger partial charge is 0.341 e. The van der Waals surface area contributed by atoms with Crippen molar-refractivity contribution in [1.82, 2.24) is 14.7 Å². The van der Waals surface area contributed by atoms with Crippen molar-refractivity contribution in [1.29, 1.82) is 0 Å². The molecule has 21 heavy (non-hydrogen) atoms. The van der Waals surface area contributed by atoms with Crippen molar-refractivity contribution in [3.8, 4) is 0 Å². The fourth-order valence-electron chi connectivity index (χ4n) is 3.38. The van der Waals surface area contributed by atoms with Gasteiger partial charge in [0.1, 0.15) is 5.82 Å². The monoisotopic (exact) mass is 291 g/mol. The molecule has 0 spiro atoms. The molecule has 3 N–H and O–H groups in total. The molecule has 2 aliphatic rings. The number of anilines is 1. The molecule has 1 fully saturated rings. The maximum absolute atomic E-state index is 11.6. The van der Waals surface area contributed by atoms with E-state index in [0.717, 1.165) is 50.3 Å². The summed E-state index contributed by atoms with van der Waals surface area (Å²) in [7, 11) is 0. The Morgan fingerprint density at radius 1 is 1.19 bits per heavy atom. The number of nitrogens with one attached hydrogen (secondary N) is 1. The van der Waals surface area contributed by atoms with Crippen molar-refractivity contribution in [2.24, 2.45) is 5.73 Å². The van der Waals surface area contributed by atoms with E-state index < -0.39 is 6.03 Å². The van der Waals surface area contributed by atoms with Crippen LogP contribution in [0.25, 0.3) is 0 Å². The summed E-state index contributed by atoms with van der Waals surface area (Å²) < 4.78 is 1.35. The van der Waals surface area contributed by atoms with Gasteiger partial charge in [0.25, 0.3) is 0 Å². The van der Waals surface area contributed by atoms with E-state index in [1.165, 1.54) is 42.6 Å². The fourth-order valence-corrected chi connectivity index (χ4v) is 3.38. The molecule has 0 atom stereocenters. The van der Waals surface area contributed by atoms with E-state index >= 15 is 0 Å². The summed E-state index contributed by atoms with van der Waals surface area (Å²) in [4.78, 5) is 14.1. The first-order chi connectivity index (χ1) is 10.3. The van der Waals surface area contributed by atoms with Crippen LogP contribution >= 0.6 is 0 Å². The average Bonchev–Trinajstić information content (AvgIpc) is 2.68. The third-order valence-corrected chi connectivity index (χ3v) is 4.53. The molecule has 0 radical (unpaired) electrons. The minimum atomic E-state index is -0.495. The lowest BCUT2D eigenvalue weighted by Crippen LogP contribution is -2.31. The summed E-state index contributed by atoms with van der Waals surface area (Å²) in [6.45, 7) is 4.30. The molecule has 0 saturated carbocycles. The molecule has 3 heterocycles. The first-order valence-electron chi connectivity index (χ1n) is 8.12. The van der Waals surface area contributed by atoms with Gasteiger partial charge in [0.05, 0.1) is 5.69 Å². The second-order valence-corrected chi connectivity index (χ2v) is 6.06. The van der Waals surface area contributed by atoms with Crippen LogP contribution in [-0.2, 0) is 12.8 Å². The molecule has 1 aromatic heterocycles. The summed E-state index contributed by atoms with van der Waals surface area (Å²) in [5.74, 6) is 0.827. The van der Waals surface area contributed by atoms with Crippen molar-refractivity contribution in [3.63, 3.8) is 0 Å². The number of nitrogens with two attached hydrogens (primary N) is 1. The Balaban J connectivity index is 1.75. The van der Waals surface area contributed by atoms with Crippen LogP contribution in [0.1, 0.15) is 43.4 Å². The Kier molecular flexibility index (Phi) is 4.43. The Hall–Kier alpha value is -1.56. The van der Waals surface area contributed by atoms with Gasteiger partial charge in [-0.1, -0.05) is 6.42 Å². The summed E-state index contributed by atoms with van der Waals surface area (Å²) in [6, 6.07) is -0.495. The van der Waals surface area contributed by atoms with Crippen molar-refractivity contribution in [2.75, 3.05) is 31.5 Å². The van der Waals surface area contributed by atoms with Crippen molar-refractivity contribution >= 4 is 11.8 Å². The Morgan fingerprint density at radius 3 is 2.76 bits per heavy atom. The number of amides is 1. The second-order valence-electron chi connectivity index (χ2n) is 6.06. The number of hydrogen-bond donors (Lipinski definition) is 2. The number of carbonyl (C=O) groups is 1. The molecular weight excluding hydrogens is 266 g/mol. The first-order valence-corrected chi connectivity index (χ1v) is 8.12. The highest BCUT2D eigenvalue weighted by Crippen LogP contribution is 2.25. The van der Waals surface area contributed by atoms with Gasteiger partial charge in [-0.25, -0.2) is 4.79 Å². The molecule has 0 aliphatic carbocycles. The molecule has 6 nitrogen and oxygen atoms in total. The molecule has 3 rings (SSSR count). The number of fused-ring (bicyclic) bond motifs is 1. The van der Waals surface area contributed by atoms with Crippen LogP contribution < -0.4 is 11.1 Å². The highest BCUT2D eigenvalue weighted by molar-refractivity contribution is 5.79. The minimum Gasteiger partial charge on any atom is -0.370 e. The largest absolute Gasteiger partial charge is 0.370 e. The van der Waals surface area contributed by atoms with Crippen molar-refractivity contribution in [3.05, 3.63) is 11.3 Å². The van der Waals surface area contributed by atoms with Gasteiger partial charge in [-0.15, -0.1) is 0 Å². The van der Waals surface area contributed by atoms with Crippen LogP contribution in [0.2, 0.25) is 0 Å². The SMILES string of the molecule is NC(=O)n1nc(CCN2CCCCC2)c2c1NCCCC2. The number of hydrogen-bond acceptors (Lipinski definition) is 4. The van der Waals surface area contributed by atoms with Gasteiger partial charge in [0.15, 0.2) is 0 Å². The predicted molar refractivity (Wildman–Crippen MR) is 82.6 cm³/mol. The Labute approximate surface area is 125 Å². The zero-order valence-electron chi connectivity index (χ0n) is 12.6. The molecule has 1 saturated heterocycles. The third-order valence-electron chi connectivity index (χ3n) is 4.53. The summed E-state index contributed by atoms with van der Waals surface area (Å²) >= 11 is 0. The fraction of sp³-hybridized carbons (Fsp3) is 0.733. The standard InChI is InChI=1S/C15H25N5O/c16-15(21)20-14-12(6-2-3-8-17-14)13(18-20)7-11-19-9-4-1-5-10-19/h17H,1-11H2,(H2,16,21). The predicted octanol–water partition coefficient (Wildman–Crippen LogP) is 1.59. The van der Waals surface area contributed by atoms with Crippen molar-refractivity contribution < 1.29 is 4.79 Å². The Morgan fingerprint density at radius 2 is 2.00 bits per heavy atom. The maximum Gasteiger partial charge on any atom is 0.341 e. The van der Waals surface area contributed by atoms with Crippen molar-refractivity contribution in [2.45, 2.75) is 44.9 Å². The van der Waals surface area contributed by atoms with Gasteiger partial charge in [0.2, 0.25) is 0 Å². The molecule has 6 heteroatoms. The minimum absolute atomic E-state index is 0.495. The van der Waals surface area contributed by atoms with E-state index in [0.29, 0.717) is 0 Å². The van der Waals surface area contributed by atoms with E-state index in [9.17, 15) is 4.79 Å². The lowest BCUT2D eigenvalue weighted by atomic mass is 10.1. The summed E-state index contributed by atoms with van der Waals surface area (Å²) in [5.41, 5.74) is 7.69. The summed E-state index contributed by atoms with van der Waals surface area (Å²) in [5, 5.41) is 7.79. The normalized spacial score (nSPS) is 19.6. The molecular formula is C15H25N5O. The third kappa shape index (κ3) is 3.20. The number of carbonyl (C=O) groups excluding carboxylic acids is 1. The van der Waals surface area contributed by atoms with E-state index in [1.54, 1.807) is 0 Å². The second kappa shape index (κ2) is 6.47. The number of nitrogens with zero attached hydrogens (tertiary/aromatic N) is 3. The van der Waals surface area contributed by atoms with E-state index in [4.69, 9.17) is 5.73 Å². The van der Waals surface area contributed by atoms with Crippen LogP contribution in [0.3, 0.4) is 0 Å². The number of likely N-dealkylation sites (tertiary alicyclic amines) is 1. The highest BCUT2D eigenvalue weighted by atomic mass is 16.2. The van der Waals surface area contributed by atoms with Gasteiger partial charge >= 0.3 is 6.03 Å². The molecule has 0 unspecified atom stereocenters. The van der Waals surface area contributed by atoms with Crippen LogP contribution in [0.15, 0.2) is 0 Å². The number of piperidine rings is 1. The Bertz CT molecular complexity index is 504. The van der Waals surface area contributed by atoms with E-state index in [-0.39, 0.29) is 0 Å². The molecule has 0 bridgehead atoms. The number of aromatic nitrogens is 2. The lowest BCUT2D eigenvalue weighted by Gasteiger charge is -2.26.